The third-order valence-corrected chi connectivity index (χ3v) is 6.13. The molecule has 1 fully saturated rings. The van der Waals surface area contributed by atoms with E-state index in [4.69, 9.17) is 5.14 Å². The first-order valence-corrected chi connectivity index (χ1v) is 9.47. The summed E-state index contributed by atoms with van der Waals surface area (Å²) >= 11 is 0. The number of primary sulfonamides is 1. The lowest BCUT2D eigenvalue weighted by Gasteiger charge is -2.12. The van der Waals surface area contributed by atoms with Crippen molar-refractivity contribution in [2.24, 2.45) is 11.1 Å². The fraction of sp³-hybridized carbons (Fsp3) is 0.278. The number of amides is 1. The van der Waals surface area contributed by atoms with Crippen LogP contribution in [0.1, 0.15) is 24.0 Å². The Hall–Kier alpha value is -2.18. The Bertz CT molecular complexity index is 939. The van der Waals surface area contributed by atoms with Crippen LogP contribution >= 0.6 is 0 Å². The standard InChI is InChI=1S/C18H18N2O3S/c19-24(22,23)14-6-3-5-13(10-14)20-17(21)16-11-18(16)9-8-12-4-1-2-7-15(12)18/h1-7,10,16H,8-9,11H2,(H,20,21)(H2,19,22,23)/t16-,18+/m1/s1. The van der Waals surface area contributed by atoms with Crippen LogP contribution in [0.15, 0.2) is 53.4 Å². The normalized spacial score (nSPS) is 24.6. The first-order chi connectivity index (χ1) is 11.4. The van der Waals surface area contributed by atoms with E-state index in [1.807, 2.05) is 12.1 Å². The maximum absolute atomic E-state index is 12.6. The van der Waals surface area contributed by atoms with Gasteiger partial charge in [0.15, 0.2) is 0 Å². The number of benzene rings is 2. The van der Waals surface area contributed by atoms with Crippen molar-refractivity contribution >= 4 is 21.6 Å². The van der Waals surface area contributed by atoms with Gasteiger partial charge in [-0.2, -0.15) is 0 Å². The molecule has 0 unspecified atom stereocenters. The van der Waals surface area contributed by atoms with Crippen LogP contribution in [-0.2, 0) is 26.7 Å². The van der Waals surface area contributed by atoms with Crippen LogP contribution < -0.4 is 10.5 Å². The molecule has 2 aromatic rings. The summed E-state index contributed by atoms with van der Waals surface area (Å²) in [4.78, 5) is 12.6. The van der Waals surface area contributed by atoms with Crippen LogP contribution in [0.5, 0.6) is 0 Å². The largest absolute Gasteiger partial charge is 0.326 e. The van der Waals surface area contributed by atoms with Crippen molar-refractivity contribution in [1.82, 2.24) is 0 Å². The molecule has 0 bridgehead atoms. The van der Waals surface area contributed by atoms with E-state index in [1.165, 1.54) is 23.3 Å². The minimum atomic E-state index is -3.78. The second kappa shape index (κ2) is 5.16. The molecule has 5 nitrogen and oxygen atoms in total. The summed E-state index contributed by atoms with van der Waals surface area (Å²) in [6, 6.07) is 14.4. The maximum atomic E-state index is 12.6. The molecule has 2 atom stereocenters. The highest BCUT2D eigenvalue weighted by Crippen LogP contribution is 2.61. The molecule has 2 aliphatic rings. The summed E-state index contributed by atoms with van der Waals surface area (Å²) in [5.41, 5.74) is 3.06. The summed E-state index contributed by atoms with van der Waals surface area (Å²) in [5, 5.41) is 7.98. The van der Waals surface area contributed by atoms with Crippen molar-refractivity contribution < 1.29 is 13.2 Å². The lowest BCUT2D eigenvalue weighted by Crippen LogP contribution is -2.20. The summed E-state index contributed by atoms with van der Waals surface area (Å²) < 4.78 is 22.8. The lowest BCUT2D eigenvalue weighted by molar-refractivity contribution is -0.117. The van der Waals surface area contributed by atoms with Crippen LogP contribution in [0.2, 0.25) is 0 Å². The molecule has 24 heavy (non-hydrogen) atoms. The van der Waals surface area contributed by atoms with Crippen LogP contribution in [0.4, 0.5) is 5.69 Å². The monoisotopic (exact) mass is 342 g/mol. The van der Waals surface area contributed by atoms with Crippen LogP contribution in [-0.4, -0.2) is 14.3 Å². The Morgan fingerprint density at radius 2 is 1.96 bits per heavy atom. The second-order valence-electron chi connectivity index (χ2n) is 6.63. The smallest absolute Gasteiger partial charge is 0.238 e. The SMILES string of the molecule is NS(=O)(=O)c1cccc(NC(=O)[C@H]2C[C@]23CCc2ccccc23)c1. The molecule has 124 valence electrons. The molecule has 0 saturated heterocycles. The molecule has 1 spiro atoms. The molecule has 0 aliphatic heterocycles. The third kappa shape index (κ3) is 2.42. The molecule has 0 aromatic heterocycles. The number of anilines is 1. The van der Waals surface area contributed by atoms with E-state index in [0.717, 1.165) is 19.3 Å². The van der Waals surface area contributed by atoms with E-state index in [9.17, 15) is 13.2 Å². The first kappa shape index (κ1) is 15.4. The molecular formula is C18H18N2O3S. The molecular weight excluding hydrogens is 324 g/mol. The lowest BCUT2D eigenvalue weighted by atomic mass is 9.95. The predicted octanol–water partition coefficient (Wildman–Crippen LogP) is 2.18. The molecule has 2 aromatic carbocycles. The fourth-order valence-electron chi connectivity index (χ4n) is 3.92. The molecule has 1 amide bonds. The van der Waals surface area contributed by atoms with Gasteiger partial charge in [-0.25, -0.2) is 13.6 Å². The minimum absolute atomic E-state index is 0.00276. The van der Waals surface area contributed by atoms with Gasteiger partial charge in [0, 0.05) is 17.0 Å². The van der Waals surface area contributed by atoms with Gasteiger partial charge in [0.25, 0.3) is 0 Å². The van der Waals surface area contributed by atoms with Gasteiger partial charge in [-0.1, -0.05) is 30.3 Å². The zero-order valence-corrected chi connectivity index (χ0v) is 13.8. The fourth-order valence-corrected chi connectivity index (χ4v) is 4.48. The zero-order chi connectivity index (χ0) is 16.9. The highest BCUT2D eigenvalue weighted by Gasteiger charge is 2.61. The molecule has 0 radical (unpaired) electrons. The highest BCUT2D eigenvalue weighted by atomic mass is 32.2. The molecule has 2 aliphatic carbocycles. The topological polar surface area (TPSA) is 89.3 Å². The van der Waals surface area contributed by atoms with Crippen LogP contribution in [0.25, 0.3) is 0 Å². The van der Waals surface area contributed by atoms with E-state index in [-0.39, 0.29) is 22.1 Å². The number of aryl methyl sites for hydroxylation is 1. The Labute approximate surface area is 140 Å². The van der Waals surface area contributed by atoms with Gasteiger partial charge in [-0.3, -0.25) is 4.79 Å². The second-order valence-corrected chi connectivity index (χ2v) is 8.19. The van der Waals surface area contributed by atoms with Crippen molar-refractivity contribution in [2.75, 3.05) is 5.32 Å². The van der Waals surface area contributed by atoms with Crippen molar-refractivity contribution in [3.05, 3.63) is 59.7 Å². The minimum Gasteiger partial charge on any atom is -0.326 e. The van der Waals surface area contributed by atoms with Gasteiger partial charge in [0.05, 0.1) is 4.90 Å². The average Bonchev–Trinajstić information content (AvgIpc) is 3.17. The molecule has 0 heterocycles. The predicted molar refractivity (Wildman–Crippen MR) is 91.0 cm³/mol. The average molecular weight is 342 g/mol. The van der Waals surface area contributed by atoms with Crippen LogP contribution in [0.3, 0.4) is 0 Å². The Morgan fingerprint density at radius 1 is 1.17 bits per heavy atom. The Balaban J connectivity index is 1.54. The van der Waals surface area contributed by atoms with Gasteiger partial charge < -0.3 is 5.32 Å². The molecule has 6 heteroatoms. The number of hydrogen-bond acceptors (Lipinski definition) is 3. The number of carbonyl (C=O) groups excluding carboxylic acids is 1. The highest BCUT2D eigenvalue weighted by molar-refractivity contribution is 7.89. The summed E-state index contributed by atoms with van der Waals surface area (Å²) in [6.07, 6.45) is 2.87. The summed E-state index contributed by atoms with van der Waals surface area (Å²) in [7, 11) is -3.78. The van der Waals surface area contributed by atoms with Gasteiger partial charge in [-0.15, -0.1) is 0 Å². The van der Waals surface area contributed by atoms with E-state index >= 15 is 0 Å². The van der Waals surface area contributed by atoms with Gasteiger partial charge in [0.1, 0.15) is 0 Å². The number of hydrogen-bond donors (Lipinski definition) is 2. The molecule has 1 saturated carbocycles. The molecule has 4 rings (SSSR count). The Morgan fingerprint density at radius 3 is 2.75 bits per heavy atom. The first-order valence-electron chi connectivity index (χ1n) is 7.92. The Kier molecular flexibility index (Phi) is 3.30. The summed E-state index contributed by atoms with van der Waals surface area (Å²) in [5.74, 6) is -0.113. The zero-order valence-electron chi connectivity index (χ0n) is 13.0. The van der Waals surface area contributed by atoms with Gasteiger partial charge >= 0.3 is 0 Å². The van der Waals surface area contributed by atoms with Crippen LogP contribution in [0, 0.1) is 5.92 Å². The van der Waals surface area contributed by atoms with Crippen molar-refractivity contribution in [3.8, 4) is 0 Å². The van der Waals surface area contributed by atoms with E-state index in [0.29, 0.717) is 5.69 Å². The maximum Gasteiger partial charge on any atom is 0.238 e. The van der Waals surface area contributed by atoms with Crippen molar-refractivity contribution in [3.63, 3.8) is 0 Å². The number of sulfonamides is 1. The van der Waals surface area contributed by atoms with Gasteiger partial charge in [-0.05, 0) is 48.6 Å². The third-order valence-electron chi connectivity index (χ3n) is 5.22. The van der Waals surface area contributed by atoms with E-state index in [1.54, 1.807) is 12.1 Å². The van der Waals surface area contributed by atoms with E-state index in [2.05, 4.69) is 17.4 Å². The number of carbonyl (C=O) groups is 1. The number of fused-ring (bicyclic) bond motifs is 2. The number of nitrogens with two attached hydrogens (primary N) is 1. The summed E-state index contributed by atoms with van der Waals surface area (Å²) in [6.45, 7) is 0. The number of rotatable bonds is 3. The van der Waals surface area contributed by atoms with Gasteiger partial charge in [0.2, 0.25) is 15.9 Å². The van der Waals surface area contributed by atoms with E-state index < -0.39 is 10.0 Å². The number of nitrogens with one attached hydrogen (secondary N) is 1. The van der Waals surface area contributed by atoms with Crippen molar-refractivity contribution in [1.29, 1.82) is 0 Å². The van der Waals surface area contributed by atoms with Crippen molar-refractivity contribution in [2.45, 2.75) is 29.6 Å². The molecule has 3 N–H and O–H groups in total. The quantitative estimate of drug-likeness (QED) is 0.896.